The topological polar surface area (TPSA) is 49.9 Å². The highest BCUT2D eigenvalue weighted by molar-refractivity contribution is 5.81. The molecule has 6 heteroatoms. The zero-order valence-electron chi connectivity index (χ0n) is 16.4. The van der Waals surface area contributed by atoms with E-state index in [0.29, 0.717) is 25.2 Å². The van der Waals surface area contributed by atoms with E-state index >= 15 is 0 Å². The maximum absolute atomic E-state index is 14.1. The zero-order chi connectivity index (χ0) is 19.6. The Labute approximate surface area is 160 Å². The lowest BCUT2D eigenvalue weighted by Crippen LogP contribution is -2.48. The van der Waals surface area contributed by atoms with Crippen LogP contribution in [-0.2, 0) is 16.1 Å². The largest absolute Gasteiger partial charge is 0.444 e. The van der Waals surface area contributed by atoms with Crippen molar-refractivity contribution in [3.63, 3.8) is 0 Å². The van der Waals surface area contributed by atoms with Crippen LogP contribution in [0.5, 0.6) is 0 Å². The van der Waals surface area contributed by atoms with E-state index in [4.69, 9.17) is 4.74 Å². The van der Waals surface area contributed by atoms with Gasteiger partial charge in [0.25, 0.3) is 0 Å². The molecular formula is C21H29FN2O3. The standard InChI is InChI=1S/C21H29FN2O3/c1-21(2,3)27-20(26)23-12-6-8-16(13-23)19(25)24(17-10-11-17)14-15-7-4-5-9-18(15)22/h4-5,7,9,16-17H,6,8,10-14H2,1-3H3/t16-/m0/s1. The van der Waals surface area contributed by atoms with Gasteiger partial charge in [0.1, 0.15) is 11.4 Å². The molecule has 27 heavy (non-hydrogen) atoms. The molecule has 1 aliphatic carbocycles. The van der Waals surface area contributed by atoms with E-state index in [0.717, 1.165) is 25.7 Å². The van der Waals surface area contributed by atoms with E-state index in [2.05, 4.69) is 0 Å². The number of rotatable bonds is 4. The molecule has 2 fully saturated rings. The summed E-state index contributed by atoms with van der Waals surface area (Å²) in [6.45, 7) is 6.77. The van der Waals surface area contributed by atoms with Crippen LogP contribution >= 0.6 is 0 Å². The Hall–Kier alpha value is -2.11. The third-order valence-electron chi connectivity index (χ3n) is 4.99. The fraction of sp³-hybridized carbons (Fsp3) is 0.619. The van der Waals surface area contributed by atoms with Gasteiger partial charge in [-0.3, -0.25) is 4.79 Å². The van der Waals surface area contributed by atoms with Crippen LogP contribution < -0.4 is 0 Å². The van der Waals surface area contributed by atoms with E-state index in [1.165, 1.54) is 6.07 Å². The number of ether oxygens (including phenoxy) is 1. The number of likely N-dealkylation sites (tertiary alicyclic amines) is 1. The minimum absolute atomic E-state index is 0.0222. The third-order valence-corrected chi connectivity index (χ3v) is 4.99. The van der Waals surface area contributed by atoms with E-state index < -0.39 is 5.60 Å². The summed E-state index contributed by atoms with van der Waals surface area (Å²) in [6, 6.07) is 6.79. The monoisotopic (exact) mass is 376 g/mol. The summed E-state index contributed by atoms with van der Waals surface area (Å²) >= 11 is 0. The lowest BCUT2D eigenvalue weighted by atomic mass is 9.96. The highest BCUT2D eigenvalue weighted by Gasteiger charge is 2.38. The number of hydrogen-bond donors (Lipinski definition) is 0. The molecule has 0 aromatic heterocycles. The number of carbonyl (C=O) groups excluding carboxylic acids is 2. The first kappa shape index (κ1) is 19.6. The number of amides is 2. The Morgan fingerprint density at radius 3 is 2.56 bits per heavy atom. The van der Waals surface area contributed by atoms with Crippen molar-refractivity contribution in [2.75, 3.05) is 13.1 Å². The molecule has 0 bridgehead atoms. The van der Waals surface area contributed by atoms with Gasteiger partial charge in [-0.05, 0) is 52.5 Å². The number of hydrogen-bond acceptors (Lipinski definition) is 3. The Morgan fingerprint density at radius 1 is 1.22 bits per heavy atom. The second-order valence-electron chi connectivity index (χ2n) is 8.55. The molecule has 1 aromatic carbocycles. The van der Waals surface area contributed by atoms with E-state index in [-0.39, 0.29) is 29.8 Å². The Bertz CT molecular complexity index is 697. The van der Waals surface area contributed by atoms with Crippen LogP contribution in [0.4, 0.5) is 9.18 Å². The van der Waals surface area contributed by atoms with Gasteiger partial charge < -0.3 is 14.5 Å². The summed E-state index contributed by atoms with van der Waals surface area (Å²) in [5.74, 6) is -0.511. The van der Waals surface area contributed by atoms with Gasteiger partial charge in [-0.2, -0.15) is 0 Å². The predicted molar refractivity (Wildman–Crippen MR) is 101 cm³/mol. The van der Waals surface area contributed by atoms with Crippen LogP contribution in [0.1, 0.15) is 52.0 Å². The first-order valence-corrected chi connectivity index (χ1v) is 9.76. The van der Waals surface area contributed by atoms with Crippen LogP contribution in [0.25, 0.3) is 0 Å². The molecule has 1 heterocycles. The summed E-state index contributed by atoms with van der Waals surface area (Å²) in [5, 5.41) is 0. The van der Waals surface area contributed by atoms with Gasteiger partial charge in [-0.25, -0.2) is 9.18 Å². The average molecular weight is 376 g/mol. The second kappa shape index (κ2) is 7.87. The van der Waals surface area contributed by atoms with Gasteiger partial charge in [-0.1, -0.05) is 18.2 Å². The Kier molecular flexibility index (Phi) is 5.72. The van der Waals surface area contributed by atoms with Crippen molar-refractivity contribution in [2.24, 2.45) is 5.92 Å². The first-order valence-electron chi connectivity index (χ1n) is 9.76. The number of carbonyl (C=O) groups is 2. The first-order chi connectivity index (χ1) is 12.7. The maximum atomic E-state index is 14.1. The summed E-state index contributed by atoms with van der Waals surface area (Å²) in [6.07, 6.45) is 3.07. The van der Waals surface area contributed by atoms with Crippen molar-refractivity contribution >= 4 is 12.0 Å². The molecular weight excluding hydrogens is 347 g/mol. The molecule has 3 rings (SSSR count). The molecule has 2 aliphatic rings. The number of nitrogens with zero attached hydrogens (tertiary/aromatic N) is 2. The van der Waals surface area contributed by atoms with Crippen molar-refractivity contribution in [2.45, 2.75) is 64.6 Å². The van der Waals surface area contributed by atoms with E-state index in [1.807, 2.05) is 25.7 Å². The second-order valence-corrected chi connectivity index (χ2v) is 8.55. The molecule has 1 atom stereocenters. The van der Waals surface area contributed by atoms with E-state index in [1.54, 1.807) is 23.1 Å². The van der Waals surface area contributed by atoms with Gasteiger partial charge in [-0.15, -0.1) is 0 Å². The lowest BCUT2D eigenvalue weighted by molar-refractivity contribution is -0.138. The third kappa shape index (κ3) is 5.21. The SMILES string of the molecule is CC(C)(C)OC(=O)N1CCC[C@H](C(=O)N(Cc2ccccc2F)C2CC2)C1. The highest BCUT2D eigenvalue weighted by atomic mass is 19.1. The maximum Gasteiger partial charge on any atom is 0.410 e. The fourth-order valence-corrected chi connectivity index (χ4v) is 3.49. The van der Waals surface area contributed by atoms with Gasteiger partial charge in [0.2, 0.25) is 5.91 Å². The number of piperidine rings is 1. The number of halogens is 1. The highest BCUT2D eigenvalue weighted by Crippen LogP contribution is 2.32. The molecule has 148 valence electrons. The molecule has 2 amide bonds. The van der Waals surface area contributed by atoms with Crippen molar-refractivity contribution < 1.29 is 18.7 Å². The van der Waals surface area contributed by atoms with Crippen molar-refractivity contribution in [3.05, 3.63) is 35.6 Å². The summed E-state index contributed by atoms with van der Waals surface area (Å²) < 4.78 is 19.5. The molecule has 0 N–H and O–H groups in total. The summed E-state index contributed by atoms with van der Waals surface area (Å²) in [5.41, 5.74) is -0.0172. The quantitative estimate of drug-likeness (QED) is 0.799. The van der Waals surface area contributed by atoms with Gasteiger partial charge in [0.15, 0.2) is 0 Å². The van der Waals surface area contributed by atoms with Crippen molar-refractivity contribution in [1.29, 1.82) is 0 Å². The molecule has 1 saturated heterocycles. The Morgan fingerprint density at radius 2 is 1.93 bits per heavy atom. The summed E-state index contributed by atoms with van der Waals surface area (Å²) in [7, 11) is 0. The van der Waals surface area contributed by atoms with Gasteiger partial charge in [0, 0.05) is 31.2 Å². The molecule has 0 spiro atoms. The average Bonchev–Trinajstić information content (AvgIpc) is 3.44. The Balaban J connectivity index is 1.67. The van der Waals surface area contributed by atoms with Crippen LogP contribution in [0.3, 0.4) is 0 Å². The zero-order valence-corrected chi connectivity index (χ0v) is 16.4. The smallest absolute Gasteiger partial charge is 0.410 e. The van der Waals surface area contributed by atoms with Crippen molar-refractivity contribution in [3.8, 4) is 0 Å². The minimum atomic E-state index is -0.557. The molecule has 5 nitrogen and oxygen atoms in total. The molecule has 0 unspecified atom stereocenters. The summed E-state index contributed by atoms with van der Waals surface area (Å²) in [4.78, 5) is 29.0. The van der Waals surface area contributed by atoms with E-state index in [9.17, 15) is 14.0 Å². The fourth-order valence-electron chi connectivity index (χ4n) is 3.49. The van der Waals surface area contributed by atoms with Crippen LogP contribution in [0.2, 0.25) is 0 Å². The number of benzene rings is 1. The lowest BCUT2D eigenvalue weighted by Gasteiger charge is -2.36. The van der Waals surface area contributed by atoms with Gasteiger partial charge >= 0.3 is 6.09 Å². The predicted octanol–water partition coefficient (Wildman–Crippen LogP) is 3.96. The van der Waals surface area contributed by atoms with Crippen LogP contribution in [0.15, 0.2) is 24.3 Å². The molecule has 1 aliphatic heterocycles. The van der Waals surface area contributed by atoms with Crippen LogP contribution in [0, 0.1) is 11.7 Å². The van der Waals surface area contributed by atoms with Gasteiger partial charge in [0.05, 0.1) is 5.92 Å². The van der Waals surface area contributed by atoms with Crippen molar-refractivity contribution in [1.82, 2.24) is 9.80 Å². The molecule has 1 saturated carbocycles. The molecule has 0 radical (unpaired) electrons. The normalized spacial score (nSPS) is 20.3. The minimum Gasteiger partial charge on any atom is -0.444 e. The van der Waals surface area contributed by atoms with Crippen LogP contribution in [-0.4, -0.2) is 46.5 Å². The molecule has 1 aromatic rings.